The Hall–Kier alpha value is 0.370. The number of carbonyl (C=O) groups excluding carboxylic acids is 1. The molecule has 0 aromatic heterocycles. The molecule has 0 aliphatic heterocycles. The van der Waals surface area contributed by atoms with Crippen LogP contribution in [0.15, 0.2) is 0 Å². The van der Waals surface area contributed by atoms with E-state index in [0.717, 1.165) is 6.92 Å². The van der Waals surface area contributed by atoms with Gasteiger partial charge < -0.3 is 0 Å². The van der Waals surface area contributed by atoms with Gasteiger partial charge in [0.1, 0.15) is 0 Å². The highest BCUT2D eigenvalue weighted by Gasteiger charge is 2.27. The second kappa shape index (κ2) is 2.09. The first kappa shape index (κ1) is 7.37. The molecule has 0 saturated heterocycles. The molecule has 0 rings (SSSR count). The van der Waals surface area contributed by atoms with Gasteiger partial charge >= 0.3 is 0 Å². The Labute approximate surface area is 54.0 Å². The predicted octanol–water partition coefficient (Wildman–Crippen LogP) is 1.83. The van der Waals surface area contributed by atoms with Crippen molar-refractivity contribution < 1.29 is 9.18 Å². The summed E-state index contributed by atoms with van der Waals surface area (Å²) in [4.78, 5) is 9.91. The fourth-order valence-electron chi connectivity index (χ4n) is 0. The lowest BCUT2D eigenvalue weighted by molar-refractivity contribution is -0.120. The molecule has 0 fully saturated rings. The molecular weight excluding hydrogens is 186 g/mol. The lowest BCUT2D eigenvalue weighted by Gasteiger charge is -2.00. The molecule has 4 heteroatoms. The van der Waals surface area contributed by atoms with Crippen LogP contribution in [0, 0.1) is 0 Å². The number of hydrogen-bond donors (Lipinski definition) is 0. The van der Waals surface area contributed by atoms with E-state index in [-0.39, 0.29) is 0 Å². The van der Waals surface area contributed by atoms with Crippen LogP contribution in [-0.2, 0) is 4.79 Å². The second-order valence-corrected chi connectivity index (χ2v) is 3.12. The zero-order valence-electron chi connectivity index (χ0n) is 3.54. The van der Waals surface area contributed by atoms with Crippen molar-refractivity contribution in [3.63, 3.8) is 0 Å². The standard InChI is InChI=1S/C3H3BrClFO/c1-2(7)3(4,5)6/h1H3. The summed E-state index contributed by atoms with van der Waals surface area (Å²) in [6.45, 7) is 1.06. The molecule has 0 spiro atoms. The highest BCUT2D eigenvalue weighted by Crippen LogP contribution is 2.25. The van der Waals surface area contributed by atoms with E-state index < -0.39 is 9.82 Å². The first-order valence-corrected chi connectivity index (χ1v) is 2.69. The van der Waals surface area contributed by atoms with Gasteiger partial charge in [-0.1, -0.05) is 11.6 Å². The molecule has 42 valence electrons. The normalized spacial score (nSPS) is 18.3. The number of carbonyl (C=O) groups is 1. The Bertz CT molecular complexity index is 87.4. The first-order valence-electron chi connectivity index (χ1n) is 1.52. The molecule has 0 aliphatic carbocycles. The molecule has 0 amide bonds. The van der Waals surface area contributed by atoms with Crippen LogP contribution in [0.25, 0.3) is 0 Å². The second-order valence-electron chi connectivity index (χ2n) is 1.05. The number of rotatable bonds is 1. The lowest BCUT2D eigenvalue weighted by Crippen LogP contribution is -2.14. The van der Waals surface area contributed by atoms with E-state index >= 15 is 0 Å². The first-order chi connectivity index (χ1) is 2.94. The van der Waals surface area contributed by atoms with E-state index in [1.54, 1.807) is 0 Å². The van der Waals surface area contributed by atoms with Gasteiger partial charge in [-0.15, -0.1) is 0 Å². The van der Waals surface area contributed by atoms with Crippen LogP contribution in [0.1, 0.15) is 6.92 Å². The molecule has 0 saturated carbocycles. The van der Waals surface area contributed by atoms with E-state index in [9.17, 15) is 9.18 Å². The SMILES string of the molecule is CC(=O)C(F)(Cl)Br. The molecule has 0 aromatic rings. The number of halogens is 3. The summed E-state index contributed by atoms with van der Waals surface area (Å²) in [6.07, 6.45) is 0. The van der Waals surface area contributed by atoms with Gasteiger partial charge in [0, 0.05) is 6.92 Å². The van der Waals surface area contributed by atoms with Gasteiger partial charge in [-0.3, -0.25) is 4.79 Å². The zero-order chi connectivity index (χ0) is 6.08. The van der Waals surface area contributed by atoms with Crippen molar-refractivity contribution in [3.05, 3.63) is 0 Å². The van der Waals surface area contributed by atoms with Crippen molar-refractivity contribution in [2.75, 3.05) is 0 Å². The van der Waals surface area contributed by atoms with Crippen molar-refractivity contribution in [2.24, 2.45) is 0 Å². The maximum Gasteiger partial charge on any atom is 0.295 e. The Balaban J connectivity index is 3.79. The molecule has 1 atom stereocenters. The third kappa shape index (κ3) is 3.00. The summed E-state index contributed by atoms with van der Waals surface area (Å²) < 4.78 is 9.49. The van der Waals surface area contributed by atoms with Crippen LogP contribution >= 0.6 is 27.5 Å². The van der Waals surface area contributed by atoms with E-state index in [4.69, 9.17) is 11.6 Å². The smallest absolute Gasteiger partial charge is 0.294 e. The molecule has 1 nitrogen and oxygen atoms in total. The van der Waals surface area contributed by atoms with Crippen molar-refractivity contribution in [1.29, 1.82) is 0 Å². The molecule has 7 heavy (non-hydrogen) atoms. The minimum absolute atomic E-state index is 0.742. The zero-order valence-corrected chi connectivity index (χ0v) is 5.88. The van der Waals surface area contributed by atoms with E-state index in [0.29, 0.717) is 0 Å². The van der Waals surface area contributed by atoms with Gasteiger partial charge in [-0.05, 0) is 15.9 Å². The molecular formula is C3H3BrClFO. The summed E-state index contributed by atoms with van der Waals surface area (Å²) >= 11 is 7.06. The Kier molecular flexibility index (Phi) is 2.20. The molecule has 0 radical (unpaired) electrons. The third-order valence-corrected chi connectivity index (χ3v) is 1.22. The van der Waals surface area contributed by atoms with Gasteiger partial charge in [0.05, 0.1) is 0 Å². The number of ketones is 1. The maximum atomic E-state index is 11.8. The number of hydrogen-bond acceptors (Lipinski definition) is 1. The Morgan fingerprint density at radius 2 is 2.14 bits per heavy atom. The number of alkyl halides is 3. The monoisotopic (exact) mass is 188 g/mol. The van der Waals surface area contributed by atoms with Gasteiger partial charge in [0.2, 0.25) is 0 Å². The average Bonchev–Trinajstić information content (AvgIpc) is 1.31. The van der Waals surface area contributed by atoms with E-state index in [1.165, 1.54) is 0 Å². The largest absolute Gasteiger partial charge is 0.295 e. The van der Waals surface area contributed by atoms with Gasteiger partial charge in [-0.25, -0.2) is 4.39 Å². The Morgan fingerprint density at radius 1 is 2.00 bits per heavy atom. The summed E-state index contributed by atoms with van der Waals surface area (Å²) in [5, 5.41) is 0. The van der Waals surface area contributed by atoms with Crippen LogP contribution in [0.3, 0.4) is 0 Å². The topological polar surface area (TPSA) is 17.1 Å². The van der Waals surface area contributed by atoms with Crippen LogP contribution in [0.2, 0.25) is 0 Å². The van der Waals surface area contributed by atoms with Gasteiger partial charge in [-0.2, -0.15) is 0 Å². The third-order valence-electron chi connectivity index (χ3n) is 0.399. The fourth-order valence-corrected chi connectivity index (χ4v) is 0. The molecule has 0 aliphatic rings. The van der Waals surface area contributed by atoms with Crippen LogP contribution in [0.4, 0.5) is 4.39 Å². The van der Waals surface area contributed by atoms with E-state index in [1.807, 2.05) is 0 Å². The quantitative estimate of drug-likeness (QED) is 0.575. The van der Waals surface area contributed by atoms with Crippen molar-refractivity contribution in [3.8, 4) is 0 Å². The molecule has 0 bridgehead atoms. The lowest BCUT2D eigenvalue weighted by atomic mass is 10.5. The molecule has 1 unspecified atom stereocenters. The van der Waals surface area contributed by atoms with Crippen molar-refractivity contribution in [1.82, 2.24) is 0 Å². The highest BCUT2D eigenvalue weighted by molar-refractivity contribution is 9.10. The van der Waals surface area contributed by atoms with Gasteiger partial charge in [0.15, 0.2) is 5.78 Å². The summed E-state index contributed by atoms with van der Waals surface area (Å²) in [5.74, 6) is -0.742. The predicted molar refractivity (Wildman–Crippen MR) is 29.3 cm³/mol. The van der Waals surface area contributed by atoms with Crippen LogP contribution in [0.5, 0.6) is 0 Å². The van der Waals surface area contributed by atoms with Crippen LogP contribution < -0.4 is 0 Å². The average molecular weight is 189 g/mol. The summed E-state index contributed by atoms with van der Waals surface area (Å²) in [5.41, 5.74) is 0. The maximum absolute atomic E-state index is 11.8. The minimum atomic E-state index is -2.35. The number of Topliss-reactive ketones (excluding diaryl/α,β-unsaturated/α-hetero) is 1. The fraction of sp³-hybridized carbons (Fsp3) is 0.667. The Morgan fingerprint density at radius 3 is 2.14 bits per heavy atom. The van der Waals surface area contributed by atoms with E-state index in [2.05, 4.69) is 15.9 Å². The summed E-state index contributed by atoms with van der Waals surface area (Å²) in [6, 6.07) is 0. The summed E-state index contributed by atoms with van der Waals surface area (Å²) in [7, 11) is 0. The molecule has 0 heterocycles. The van der Waals surface area contributed by atoms with Crippen molar-refractivity contribution in [2.45, 2.75) is 11.0 Å². The van der Waals surface area contributed by atoms with Crippen molar-refractivity contribution >= 4 is 33.3 Å². The highest BCUT2D eigenvalue weighted by atomic mass is 79.9. The van der Waals surface area contributed by atoms with Crippen LogP contribution in [-0.4, -0.2) is 9.82 Å². The minimum Gasteiger partial charge on any atom is -0.294 e. The molecule has 0 N–H and O–H groups in total. The molecule has 0 aromatic carbocycles. The van der Waals surface area contributed by atoms with Gasteiger partial charge in [0.25, 0.3) is 4.04 Å².